The minimum absolute atomic E-state index is 0.627. The van der Waals surface area contributed by atoms with Crippen molar-refractivity contribution in [3.63, 3.8) is 0 Å². The highest BCUT2D eigenvalue weighted by molar-refractivity contribution is 5.25. The maximum atomic E-state index is 5.47. The summed E-state index contributed by atoms with van der Waals surface area (Å²) in [7, 11) is 1.65. The van der Waals surface area contributed by atoms with Crippen LogP contribution in [0.4, 0.5) is 0 Å². The van der Waals surface area contributed by atoms with Gasteiger partial charge in [0.25, 0.3) is 0 Å². The lowest BCUT2D eigenvalue weighted by Gasteiger charge is -2.04. The highest BCUT2D eigenvalue weighted by Crippen LogP contribution is 2.17. The summed E-state index contributed by atoms with van der Waals surface area (Å²) < 4.78 is 7.05. The van der Waals surface area contributed by atoms with E-state index in [1.54, 1.807) is 13.3 Å². The minimum Gasteiger partial charge on any atom is -0.493 e. The highest BCUT2D eigenvalue weighted by atomic mass is 16.5. The number of aromatic nitrogens is 2. The summed E-state index contributed by atoms with van der Waals surface area (Å²) >= 11 is 0. The lowest BCUT2D eigenvalue weighted by atomic mass is 10.3. The molecule has 0 saturated carbocycles. The summed E-state index contributed by atoms with van der Waals surface area (Å²) in [5.74, 6) is 0.835. The van der Waals surface area contributed by atoms with E-state index in [1.165, 1.54) is 0 Å². The number of nitrogens with zero attached hydrogens (tertiary/aromatic N) is 2. The fourth-order valence-electron chi connectivity index (χ4n) is 1.23. The van der Waals surface area contributed by atoms with Crippen molar-refractivity contribution in [1.82, 2.24) is 9.78 Å². The number of ether oxygens (including phenoxy) is 1. The van der Waals surface area contributed by atoms with Crippen LogP contribution < -0.4 is 10.5 Å². The van der Waals surface area contributed by atoms with E-state index in [0.717, 1.165) is 24.4 Å². The Hall–Kier alpha value is -1.03. The second kappa shape index (κ2) is 4.11. The molecule has 1 rings (SSSR count). The van der Waals surface area contributed by atoms with Gasteiger partial charge in [-0.1, -0.05) is 0 Å². The Morgan fingerprint density at radius 1 is 1.67 bits per heavy atom. The Morgan fingerprint density at radius 3 is 2.92 bits per heavy atom. The maximum absolute atomic E-state index is 5.47. The molecule has 1 aromatic heterocycles. The number of methoxy groups -OCH3 is 1. The average molecular weight is 169 g/mol. The molecule has 0 aliphatic rings. The molecular formula is C8H15N3O. The van der Waals surface area contributed by atoms with E-state index in [-0.39, 0.29) is 0 Å². The first kappa shape index (κ1) is 9.06. The molecule has 0 fully saturated rings. The molecule has 0 aliphatic carbocycles. The van der Waals surface area contributed by atoms with Crippen LogP contribution in [0.1, 0.15) is 12.6 Å². The fraction of sp³-hybridized carbons (Fsp3) is 0.625. The molecular weight excluding hydrogens is 154 g/mol. The average Bonchev–Trinajstić information content (AvgIpc) is 2.48. The monoisotopic (exact) mass is 169 g/mol. The smallest absolute Gasteiger partial charge is 0.159 e. The molecule has 0 aromatic carbocycles. The number of nitrogens with two attached hydrogens (primary N) is 1. The predicted molar refractivity (Wildman–Crippen MR) is 47.2 cm³/mol. The van der Waals surface area contributed by atoms with Gasteiger partial charge in [-0.05, 0) is 13.5 Å². The summed E-state index contributed by atoms with van der Waals surface area (Å²) in [6, 6.07) is 0. The van der Waals surface area contributed by atoms with Crippen molar-refractivity contribution in [3.05, 3.63) is 11.9 Å². The van der Waals surface area contributed by atoms with Crippen molar-refractivity contribution >= 4 is 0 Å². The van der Waals surface area contributed by atoms with Gasteiger partial charge in [0.2, 0.25) is 0 Å². The van der Waals surface area contributed by atoms with Gasteiger partial charge in [0, 0.05) is 13.0 Å². The number of hydrogen-bond donors (Lipinski definition) is 1. The second-order valence-electron chi connectivity index (χ2n) is 2.51. The number of hydrogen-bond acceptors (Lipinski definition) is 3. The highest BCUT2D eigenvalue weighted by Gasteiger charge is 2.08. The Labute approximate surface area is 72.3 Å². The molecule has 0 radical (unpaired) electrons. The van der Waals surface area contributed by atoms with Crippen LogP contribution in [0.3, 0.4) is 0 Å². The van der Waals surface area contributed by atoms with Crippen molar-refractivity contribution in [2.24, 2.45) is 5.73 Å². The van der Waals surface area contributed by atoms with E-state index in [0.29, 0.717) is 6.54 Å². The molecule has 4 nitrogen and oxygen atoms in total. The zero-order valence-electron chi connectivity index (χ0n) is 7.58. The van der Waals surface area contributed by atoms with Crippen molar-refractivity contribution < 1.29 is 4.74 Å². The second-order valence-corrected chi connectivity index (χ2v) is 2.51. The first-order chi connectivity index (χ1) is 5.83. The van der Waals surface area contributed by atoms with Crippen LogP contribution in [0.25, 0.3) is 0 Å². The molecule has 0 aliphatic heterocycles. The maximum Gasteiger partial charge on any atom is 0.159 e. The van der Waals surface area contributed by atoms with E-state index < -0.39 is 0 Å². The lowest BCUT2D eigenvalue weighted by Crippen LogP contribution is -2.10. The molecule has 1 aromatic rings. The third-order valence-electron chi connectivity index (χ3n) is 1.81. The van der Waals surface area contributed by atoms with E-state index >= 15 is 0 Å². The van der Waals surface area contributed by atoms with Crippen molar-refractivity contribution in [2.45, 2.75) is 19.9 Å². The molecule has 4 heteroatoms. The van der Waals surface area contributed by atoms with Gasteiger partial charge in [-0.25, -0.2) is 0 Å². The lowest BCUT2D eigenvalue weighted by molar-refractivity contribution is 0.407. The first-order valence-corrected chi connectivity index (χ1v) is 4.12. The molecule has 12 heavy (non-hydrogen) atoms. The van der Waals surface area contributed by atoms with E-state index in [4.69, 9.17) is 10.5 Å². The molecule has 2 N–H and O–H groups in total. The van der Waals surface area contributed by atoms with Gasteiger partial charge in [-0.15, -0.1) is 0 Å². The molecule has 0 unspecified atom stereocenters. The van der Waals surface area contributed by atoms with Crippen LogP contribution in [0.5, 0.6) is 5.75 Å². The number of rotatable bonds is 4. The summed E-state index contributed by atoms with van der Waals surface area (Å²) in [5, 5.41) is 4.16. The van der Waals surface area contributed by atoms with E-state index in [1.807, 2.05) is 11.6 Å². The Morgan fingerprint density at radius 2 is 2.42 bits per heavy atom. The van der Waals surface area contributed by atoms with Gasteiger partial charge in [0.15, 0.2) is 5.75 Å². The summed E-state index contributed by atoms with van der Waals surface area (Å²) in [6.45, 7) is 3.53. The van der Waals surface area contributed by atoms with Crippen LogP contribution in [-0.2, 0) is 13.0 Å². The third-order valence-corrected chi connectivity index (χ3v) is 1.81. The van der Waals surface area contributed by atoms with Crippen molar-refractivity contribution in [2.75, 3.05) is 13.7 Å². The number of aryl methyl sites for hydroxylation is 1. The Balaban J connectivity index is 2.90. The van der Waals surface area contributed by atoms with Crippen molar-refractivity contribution in [1.29, 1.82) is 0 Å². The SMILES string of the molecule is CCn1ncc(OC)c1CCN. The van der Waals surface area contributed by atoms with Gasteiger partial charge < -0.3 is 10.5 Å². The van der Waals surface area contributed by atoms with Crippen LogP contribution >= 0.6 is 0 Å². The minimum atomic E-state index is 0.627. The molecule has 1 heterocycles. The van der Waals surface area contributed by atoms with Gasteiger partial charge >= 0.3 is 0 Å². The van der Waals surface area contributed by atoms with Gasteiger partial charge in [0.05, 0.1) is 19.0 Å². The van der Waals surface area contributed by atoms with Crippen molar-refractivity contribution in [3.8, 4) is 5.75 Å². The van der Waals surface area contributed by atoms with Crippen LogP contribution in [0, 0.1) is 0 Å². The van der Waals surface area contributed by atoms with Crippen LogP contribution in [0.15, 0.2) is 6.20 Å². The largest absolute Gasteiger partial charge is 0.493 e. The van der Waals surface area contributed by atoms with Gasteiger partial charge in [0.1, 0.15) is 0 Å². The summed E-state index contributed by atoms with van der Waals surface area (Å²) in [4.78, 5) is 0. The van der Waals surface area contributed by atoms with E-state index in [9.17, 15) is 0 Å². The first-order valence-electron chi connectivity index (χ1n) is 4.12. The fourth-order valence-corrected chi connectivity index (χ4v) is 1.23. The molecule has 0 bridgehead atoms. The zero-order chi connectivity index (χ0) is 8.97. The third kappa shape index (κ3) is 1.58. The quantitative estimate of drug-likeness (QED) is 0.710. The normalized spacial score (nSPS) is 10.2. The predicted octanol–water partition coefficient (Wildman–Crippen LogP) is 0.413. The zero-order valence-corrected chi connectivity index (χ0v) is 7.58. The summed E-state index contributed by atoms with van der Waals surface area (Å²) in [6.07, 6.45) is 2.55. The van der Waals surface area contributed by atoms with Gasteiger partial charge in [-0.2, -0.15) is 5.10 Å². The Bertz CT molecular complexity index is 223. The molecule has 0 atom stereocenters. The molecule has 0 saturated heterocycles. The van der Waals surface area contributed by atoms with Gasteiger partial charge in [-0.3, -0.25) is 4.68 Å². The topological polar surface area (TPSA) is 53.1 Å². The molecule has 0 amide bonds. The van der Waals surface area contributed by atoms with Crippen LogP contribution in [0.2, 0.25) is 0 Å². The molecule has 0 spiro atoms. The van der Waals surface area contributed by atoms with Crippen LogP contribution in [-0.4, -0.2) is 23.4 Å². The Kier molecular flexibility index (Phi) is 3.10. The summed E-state index contributed by atoms with van der Waals surface area (Å²) in [5.41, 5.74) is 6.56. The standard InChI is InChI=1S/C8H15N3O/c1-3-11-7(4-5-9)8(12-2)6-10-11/h6H,3-5,9H2,1-2H3. The molecule has 68 valence electrons. The van der Waals surface area contributed by atoms with E-state index in [2.05, 4.69) is 5.10 Å².